The minimum atomic E-state index is -0.380. The maximum absolute atomic E-state index is 10.7. The monoisotopic (exact) mass is 312 g/mol. The quantitative estimate of drug-likeness (QED) is 0.476. The van der Waals surface area contributed by atoms with E-state index in [9.17, 15) is 9.59 Å². The first-order chi connectivity index (χ1) is 9.49. The highest BCUT2D eigenvalue weighted by molar-refractivity contribution is 7.96. The average Bonchev–Trinajstić information content (AvgIpc) is 2.40. The van der Waals surface area contributed by atoms with Gasteiger partial charge in [-0.3, -0.25) is 9.59 Å². The minimum Gasteiger partial charge on any atom is -0.288 e. The number of rotatable bonds is 10. The molecule has 0 spiro atoms. The first kappa shape index (κ1) is 18.6. The van der Waals surface area contributed by atoms with Crippen LogP contribution < -0.4 is 0 Å². The summed E-state index contributed by atoms with van der Waals surface area (Å²) in [4.78, 5) is 21.4. The largest absolute Gasteiger partial charge is 0.288 e. The van der Waals surface area contributed by atoms with E-state index in [0.29, 0.717) is 12.8 Å². The number of azo groups is 1. The van der Waals surface area contributed by atoms with Crippen LogP contribution in [-0.2, 0) is 9.59 Å². The van der Waals surface area contributed by atoms with Crippen LogP contribution in [0.5, 0.6) is 0 Å². The Morgan fingerprint density at radius 3 is 1.50 bits per heavy atom. The van der Waals surface area contributed by atoms with E-state index in [-0.39, 0.29) is 48.0 Å². The summed E-state index contributed by atoms with van der Waals surface area (Å²) in [5, 5.41) is 24.9. The zero-order chi connectivity index (χ0) is 15.4. The van der Waals surface area contributed by atoms with Crippen LogP contribution in [0, 0.1) is 34.5 Å². The van der Waals surface area contributed by atoms with Gasteiger partial charge in [-0.1, -0.05) is 0 Å². The SMILES string of the molecule is N#CC(CCC(=O)S)CN=NCC(C#N)CCC(=O)S. The summed E-state index contributed by atoms with van der Waals surface area (Å²) >= 11 is 7.26. The lowest BCUT2D eigenvalue weighted by Gasteiger charge is -2.04. The van der Waals surface area contributed by atoms with Crippen molar-refractivity contribution in [1.82, 2.24) is 0 Å². The van der Waals surface area contributed by atoms with Crippen molar-refractivity contribution in [2.75, 3.05) is 13.1 Å². The van der Waals surface area contributed by atoms with Crippen LogP contribution in [0.4, 0.5) is 0 Å². The number of nitriles is 2. The van der Waals surface area contributed by atoms with Crippen LogP contribution in [-0.4, -0.2) is 23.3 Å². The highest BCUT2D eigenvalue weighted by Crippen LogP contribution is 2.10. The third-order valence-corrected chi connectivity index (χ3v) is 2.93. The zero-order valence-electron chi connectivity index (χ0n) is 10.9. The summed E-state index contributed by atoms with van der Waals surface area (Å²) in [5.41, 5.74) is 0. The Bertz CT molecular complexity index is 400. The van der Waals surface area contributed by atoms with Crippen LogP contribution >= 0.6 is 25.3 Å². The van der Waals surface area contributed by atoms with Gasteiger partial charge in [0, 0.05) is 12.8 Å². The van der Waals surface area contributed by atoms with E-state index in [0.717, 1.165) is 0 Å². The third-order valence-electron chi connectivity index (χ3n) is 2.48. The van der Waals surface area contributed by atoms with E-state index >= 15 is 0 Å². The third kappa shape index (κ3) is 10.5. The standard InChI is InChI=1S/C12H16N4O2S2/c13-5-9(1-3-11(17)19)7-15-16-8-10(6-14)2-4-12(18)20/h9-10H,1-4,7-8H2,(H,17,19)(H,18,20). The molecule has 0 aliphatic rings. The second-order valence-electron chi connectivity index (χ2n) is 4.16. The Morgan fingerprint density at radius 2 is 1.25 bits per heavy atom. The highest BCUT2D eigenvalue weighted by atomic mass is 32.1. The van der Waals surface area contributed by atoms with Crippen molar-refractivity contribution in [2.24, 2.45) is 22.1 Å². The Labute approximate surface area is 129 Å². The average molecular weight is 312 g/mol. The first-order valence-electron chi connectivity index (χ1n) is 6.05. The molecule has 0 saturated heterocycles. The lowest BCUT2D eigenvalue weighted by molar-refractivity contribution is -0.111. The highest BCUT2D eigenvalue weighted by Gasteiger charge is 2.10. The summed E-state index contributed by atoms with van der Waals surface area (Å²) in [6.07, 6.45) is 1.24. The van der Waals surface area contributed by atoms with Gasteiger partial charge in [-0.05, 0) is 12.8 Å². The van der Waals surface area contributed by atoms with Gasteiger partial charge in [0.1, 0.15) is 0 Å². The van der Waals surface area contributed by atoms with Gasteiger partial charge in [0.15, 0.2) is 10.2 Å². The van der Waals surface area contributed by atoms with Crippen molar-refractivity contribution in [3.8, 4) is 12.1 Å². The molecule has 108 valence electrons. The minimum absolute atomic E-state index is 0.196. The second kappa shape index (κ2) is 11.4. The number of carbonyl (C=O) groups excluding carboxylic acids is 2. The molecule has 0 heterocycles. The van der Waals surface area contributed by atoms with Gasteiger partial charge in [0.25, 0.3) is 0 Å². The summed E-state index contributed by atoms with van der Waals surface area (Å²) < 4.78 is 0. The van der Waals surface area contributed by atoms with Crippen molar-refractivity contribution >= 4 is 35.5 Å². The summed E-state index contributed by atoms with van der Waals surface area (Å²) in [6, 6.07) is 4.08. The Morgan fingerprint density at radius 1 is 0.900 bits per heavy atom. The summed E-state index contributed by atoms with van der Waals surface area (Å²) in [5.74, 6) is -0.760. The van der Waals surface area contributed by atoms with Crippen molar-refractivity contribution < 1.29 is 9.59 Å². The van der Waals surface area contributed by atoms with E-state index in [4.69, 9.17) is 10.5 Å². The smallest absolute Gasteiger partial charge is 0.185 e. The molecule has 0 fully saturated rings. The molecule has 20 heavy (non-hydrogen) atoms. The lowest BCUT2D eigenvalue weighted by Crippen LogP contribution is -2.05. The number of hydrogen-bond acceptors (Lipinski definition) is 6. The number of carbonyl (C=O) groups is 2. The van der Waals surface area contributed by atoms with E-state index in [1.807, 2.05) is 12.1 Å². The molecule has 0 bridgehead atoms. The molecule has 2 unspecified atom stereocenters. The Balaban J connectivity index is 4.03. The molecule has 0 N–H and O–H groups in total. The predicted molar refractivity (Wildman–Crippen MR) is 79.3 cm³/mol. The van der Waals surface area contributed by atoms with Gasteiger partial charge in [0.05, 0.1) is 37.1 Å². The normalized spacial score (nSPS) is 13.4. The molecule has 0 aromatic carbocycles. The summed E-state index contributed by atoms with van der Waals surface area (Å²) in [6.45, 7) is 0.391. The van der Waals surface area contributed by atoms with E-state index in [2.05, 4.69) is 35.5 Å². The van der Waals surface area contributed by atoms with Crippen molar-refractivity contribution in [1.29, 1.82) is 10.5 Å². The fourth-order valence-electron chi connectivity index (χ4n) is 1.30. The van der Waals surface area contributed by atoms with Crippen molar-refractivity contribution in [2.45, 2.75) is 25.7 Å². The lowest BCUT2D eigenvalue weighted by atomic mass is 10.1. The van der Waals surface area contributed by atoms with Crippen LogP contribution in [0.3, 0.4) is 0 Å². The molecular weight excluding hydrogens is 296 g/mol. The molecule has 6 nitrogen and oxygen atoms in total. The topological polar surface area (TPSA) is 106 Å². The molecule has 0 aliphatic heterocycles. The van der Waals surface area contributed by atoms with Crippen LogP contribution in [0.1, 0.15) is 25.7 Å². The molecule has 2 atom stereocenters. The maximum atomic E-state index is 10.7. The first-order valence-corrected chi connectivity index (χ1v) is 6.95. The Hall–Kier alpha value is -1.38. The van der Waals surface area contributed by atoms with Gasteiger partial charge in [-0.15, -0.1) is 25.3 Å². The molecule has 0 aromatic heterocycles. The van der Waals surface area contributed by atoms with Gasteiger partial charge in [-0.2, -0.15) is 20.8 Å². The predicted octanol–water partition coefficient (Wildman–Crippen LogP) is 2.19. The Kier molecular flexibility index (Phi) is 10.7. The van der Waals surface area contributed by atoms with E-state index in [1.165, 1.54) is 0 Å². The number of hydrogen-bond donors (Lipinski definition) is 2. The maximum Gasteiger partial charge on any atom is 0.185 e. The molecule has 0 rings (SSSR count). The fraction of sp³-hybridized carbons (Fsp3) is 0.667. The van der Waals surface area contributed by atoms with Crippen LogP contribution in [0.15, 0.2) is 10.2 Å². The van der Waals surface area contributed by atoms with Crippen molar-refractivity contribution in [3.63, 3.8) is 0 Å². The van der Waals surface area contributed by atoms with E-state index < -0.39 is 0 Å². The molecule has 0 aliphatic carbocycles. The molecule has 0 saturated carbocycles. The van der Waals surface area contributed by atoms with Gasteiger partial charge >= 0.3 is 0 Å². The summed E-state index contributed by atoms with van der Waals surface area (Å²) in [7, 11) is 0. The molecule has 0 amide bonds. The zero-order valence-corrected chi connectivity index (χ0v) is 12.7. The van der Waals surface area contributed by atoms with E-state index in [1.54, 1.807) is 0 Å². The van der Waals surface area contributed by atoms with Crippen LogP contribution in [0.25, 0.3) is 0 Å². The van der Waals surface area contributed by atoms with Gasteiger partial charge in [-0.25, -0.2) is 0 Å². The number of thiol groups is 2. The molecule has 0 aromatic rings. The molecular formula is C12H16N4O2S2. The van der Waals surface area contributed by atoms with Crippen LogP contribution in [0.2, 0.25) is 0 Å². The van der Waals surface area contributed by atoms with Gasteiger partial charge in [0.2, 0.25) is 0 Å². The fourth-order valence-corrected chi connectivity index (χ4v) is 1.56. The number of nitrogens with zero attached hydrogens (tertiary/aromatic N) is 4. The van der Waals surface area contributed by atoms with Crippen molar-refractivity contribution in [3.05, 3.63) is 0 Å². The molecule has 8 heteroatoms. The van der Waals surface area contributed by atoms with Gasteiger partial charge < -0.3 is 0 Å². The second-order valence-corrected chi connectivity index (χ2v) is 5.16. The molecule has 0 radical (unpaired) electrons.